The number of nitro benzene ring substituents is 1. The van der Waals surface area contributed by atoms with E-state index in [4.69, 9.17) is 9.72 Å². The molecule has 0 amide bonds. The number of nitrogens with one attached hydrogen (secondary N) is 1. The zero-order valence-corrected chi connectivity index (χ0v) is 24.9. The normalized spacial score (nSPS) is 13.1. The zero-order chi connectivity index (χ0) is 30.1. The number of fused-ring (bicyclic) bond motifs is 1. The molecule has 0 saturated heterocycles. The molecule has 0 spiro atoms. The van der Waals surface area contributed by atoms with Gasteiger partial charge in [0.2, 0.25) is 5.95 Å². The van der Waals surface area contributed by atoms with E-state index in [1.165, 1.54) is 12.3 Å². The summed E-state index contributed by atoms with van der Waals surface area (Å²) in [6.07, 6.45) is 5.42. The second-order valence-electron chi connectivity index (χ2n) is 11.4. The maximum atomic E-state index is 13.2. The molecule has 2 heterocycles. The van der Waals surface area contributed by atoms with E-state index >= 15 is 0 Å². The van der Waals surface area contributed by atoms with E-state index in [1.807, 2.05) is 56.1 Å². The lowest BCUT2D eigenvalue weighted by atomic mass is 10.1. The van der Waals surface area contributed by atoms with Gasteiger partial charge in [0, 0.05) is 61.1 Å². The van der Waals surface area contributed by atoms with E-state index in [-0.39, 0.29) is 28.2 Å². The van der Waals surface area contributed by atoms with Crippen molar-refractivity contribution in [2.75, 3.05) is 44.4 Å². The quantitative estimate of drug-likeness (QED) is 0.132. The molecule has 11 nitrogen and oxygen atoms in total. The van der Waals surface area contributed by atoms with Gasteiger partial charge in [-0.2, -0.15) is 0 Å². The van der Waals surface area contributed by atoms with Gasteiger partial charge >= 0.3 is 5.97 Å². The zero-order valence-electron chi connectivity index (χ0n) is 24.9. The lowest BCUT2D eigenvalue weighted by molar-refractivity contribution is -0.384. The minimum absolute atomic E-state index is 0.0192. The van der Waals surface area contributed by atoms with Crippen LogP contribution in [0.25, 0.3) is 22.2 Å². The SMILES string of the molecule is Cc1cc(N(C)CCN(C)C)c([N+](=O)[O-])cc1Nc1ncc(C(=O)OC(C)C)c(-c2cn(C3CC3)c3ccccc23)n1. The molecule has 0 unspecified atom stereocenters. The highest BCUT2D eigenvalue weighted by molar-refractivity contribution is 6.03. The number of nitrogens with zero attached hydrogens (tertiary/aromatic N) is 6. The Morgan fingerprint density at radius 2 is 1.93 bits per heavy atom. The van der Waals surface area contributed by atoms with Crippen molar-refractivity contribution in [3.8, 4) is 11.3 Å². The van der Waals surface area contributed by atoms with Crippen molar-refractivity contribution in [3.05, 3.63) is 70.0 Å². The van der Waals surface area contributed by atoms with E-state index in [0.29, 0.717) is 29.7 Å². The van der Waals surface area contributed by atoms with Crippen LogP contribution in [0.5, 0.6) is 0 Å². The fraction of sp³-hybridized carbons (Fsp3) is 0.387. The fourth-order valence-corrected chi connectivity index (χ4v) is 4.98. The number of carbonyl (C=O) groups is 1. The summed E-state index contributed by atoms with van der Waals surface area (Å²) in [4.78, 5) is 38.0. The molecule has 42 heavy (non-hydrogen) atoms. The number of hydrogen-bond donors (Lipinski definition) is 1. The minimum atomic E-state index is -0.508. The van der Waals surface area contributed by atoms with Gasteiger partial charge in [0.25, 0.3) is 5.69 Å². The van der Waals surface area contributed by atoms with Gasteiger partial charge in [-0.3, -0.25) is 10.1 Å². The summed E-state index contributed by atoms with van der Waals surface area (Å²) < 4.78 is 7.78. The lowest BCUT2D eigenvalue weighted by Crippen LogP contribution is -2.29. The fourth-order valence-electron chi connectivity index (χ4n) is 4.98. The van der Waals surface area contributed by atoms with Crippen LogP contribution in [-0.2, 0) is 4.74 Å². The van der Waals surface area contributed by atoms with Crippen molar-refractivity contribution >= 4 is 39.9 Å². The minimum Gasteiger partial charge on any atom is -0.459 e. The first-order valence-electron chi connectivity index (χ1n) is 14.1. The lowest BCUT2D eigenvalue weighted by Gasteiger charge is -2.22. The van der Waals surface area contributed by atoms with Gasteiger partial charge in [-0.05, 0) is 65.4 Å². The Kier molecular flexibility index (Phi) is 8.13. The summed E-state index contributed by atoms with van der Waals surface area (Å²) in [5, 5.41) is 16.2. The smallest absolute Gasteiger partial charge is 0.342 e. The number of carbonyl (C=O) groups excluding carboxylic acids is 1. The van der Waals surface area contributed by atoms with Crippen LogP contribution in [0.15, 0.2) is 48.8 Å². The summed E-state index contributed by atoms with van der Waals surface area (Å²) in [5.41, 5.74) is 4.40. The van der Waals surface area contributed by atoms with Gasteiger partial charge in [0.15, 0.2) is 0 Å². The maximum absolute atomic E-state index is 13.2. The van der Waals surface area contributed by atoms with Gasteiger partial charge in [0.05, 0.1) is 22.4 Å². The standard InChI is InChI=1S/C31H37N7O4/c1-19(2)42-30(39)23-17-32-31(34-29(23)24-18-37(21-11-12-21)26-10-8-7-9-22(24)26)33-25-16-28(38(40)41)27(15-20(25)3)36(6)14-13-35(4)5/h7-10,15-19,21H,11-14H2,1-6H3,(H,32,33,34). The Bertz CT molecular complexity index is 1640. The summed E-state index contributed by atoms with van der Waals surface area (Å²) >= 11 is 0. The van der Waals surface area contributed by atoms with E-state index < -0.39 is 5.97 Å². The Morgan fingerprint density at radius 1 is 1.19 bits per heavy atom. The Morgan fingerprint density at radius 3 is 2.60 bits per heavy atom. The predicted octanol–water partition coefficient (Wildman–Crippen LogP) is 5.96. The number of aryl methyl sites for hydroxylation is 1. The highest BCUT2D eigenvalue weighted by Crippen LogP contribution is 2.42. The number of esters is 1. The molecule has 1 aliphatic carbocycles. The number of ether oxygens (including phenoxy) is 1. The van der Waals surface area contributed by atoms with Gasteiger partial charge in [-0.25, -0.2) is 14.8 Å². The van der Waals surface area contributed by atoms with Crippen LogP contribution in [-0.4, -0.2) is 70.7 Å². The molecular weight excluding hydrogens is 534 g/mol. The van der Waals surface area contributed by atoms with Crippen molar-refractivity contribution in [2.24, 2.45) is 0 Å². The number of anilines is 3. The van der Waals surface area contributed by atoms with Gasteiger partial charge in [-0.15, -0.1) is 0 Å². The molecule has 1 fully saturated rings. The molecule has 220 valence electrons. The molecule has 0 atom stereocenters. The topological polar surface area (TPSA) is 119 Å². The second-order valence-corrected chi connectivity index (χ2v) is 11.4. The Balaban J connectivity index is 1.57. The second kappa shape index (κ2) is 11.8. The van der Waals surface area contributed by atoms with Crippen molar-refractivity contribution < 1.29 is 14.5 Å². The number of aromatic nitrogens is 3. The average Bonchev–Trinajstić information content (AvgIpc) is 3.72. The highest BCUT2D eigenvalue weighted by atomic mass is 16.6. The molecule has 0 bridgehead atoms. The summed E-state index contributed by atoms with van der Waals surface area (Å²) in [6.45, 7) is 6.87. The average molecular weight is 572 g/mol. The molecule has 2 aromatic heterocycles. The summed E-state index contributed by atoms with van der Waals surface area (Å²) in [7, 11) is 5.78. The number of likely N-dealkylation sites (N-methyl/N-ethyl adjacent to an activating group) is 2. The number of rotatable bonds is 11. The van der Waals surface area contributed by atoms with E-state index in [2.05, 4.69) is 27.1 Å². The molecule has 0 radical (unpaired) electrons. The molecule has 11 heteroatoms. The Hall–Kier alpha value is -4.51. The first-order chi connectivity index (χ1) is 20.0. The molecule has 5 rings (SSSR count). The van der Waals surface area contributed by atoms with E-state index in [0.717, 1.165) is 41.4 Å². The van der Waals surface area contributed by atoms with Crippen LogP contribution in [0.3, 0.4) is 0 Å². The maximum Gasteiger partial charge on any atom is 0.342 e. The number of hydrogen-bond acceptors (Lipinski definition) is 9. The number of nitro groups is 1. The summed E-state index contributed by atoms with van der Waals surface area (Å²) in [5.74, 6) is -0.285. The van der Waals surface area contributed by atoms with Crippen LogP contribution in [0.4, 0.5) is 23.0 Å². The predicted molar refractivity (Wildman–Crippen MR) is 165 cm³/mol. The molecule has 1 aliphatic rings. The molecule has 0 aliphatic heterocycles. The third kappa shape index (κ3) is 6.06. The molecular formula is C31H37N7O4. The molecule has 1 N–H and O–H groups in total. The third-order valence-corrected chi connectivity index (χ3v) is 7.35. The first kappa shape index (κ1) is 29.0. The van der Waals surface area contributed by atoms with E-state index in [1.54, 1.807) is 19.9 Å². The van der Waals surface area contributed by atoms with Crippen LogP contribution in [0.1, 0.15) is 48.7 Å². The largest absolute Gasteiger partial charge is 0.459 e. The van der Waals surface area contributed by atoms with Gasteiger partial charge in [-0.1, -0.05) is 18.2 Å². The third-order valence-electron chi connectivity index (χ3n) is 7.35. The van der Waals surface area contributed by atoms with Crippen LogP contribution in [0, 0.1) is 17.0 Å². The Labute approximate surface area is 245 Å². The first-order valence-corrected chi connectivity index (χ1v) is 14.1. The highest BCUT2D eigenvalue weighted by Gasteiger charge is 2.28. The van der Waals surface area contributed by atoms with Crippen molar-refractivity contribution in [1.82, 2.24) is 19.4 Å². The number of benzene rings is 2. The van der Waals surface area contributed by atoms with Crippen molar-refractivity contribution in [2.45, 2.75) is 45.8 Å². The van der Waals surface area contributed by atoms with Crippen molar-refractivity contribution in [1.29, 1.82) is 0 Å². The summed E-state index contributed by atoms with van der Waals surface area (Å²) in [6, 6.07) is 11.8. The molecule has 2 aromatic carbocycles. The molecule has 4 aromatic rings. The van der Waals surface area contributed by atoms with E-state index in [9.17, 15) is 14.9 Å². The van der Waals surface area contributed by atoms with Crippen LogP contribution in [0.2, 0.25) is 0 Å². The molecule has 1 saturated carbocycles. The number of para-hydroxylation sites is 1. The van der Waals surface area contributed by atoms with Crippen LogP contribution < -0.4 is 10.2 Å². The van der Waals surface area contributed by atoms with Gasteiger partial charge < -0.3 is 24.4 Å². The monoisotopic (exact) mass is 571 g/mol. The van der Waals surface area contributed by atoms with Gasteiger partial charge in [0.1, 0.15) is 11.3 Å². The van der Waals surface area contributed by atoms with Crippen LogP contribution >= 0.6 is 0 Å². The van der Waals surface area contributed by atoms with Crippen molar-refractivity contribution in [3.63, 3.8) is 0 Å².